The SMILES string of the molecule is Cc1c(F)cccc1CNCC1CCNCC1. The Morgan fingerprint density at radius 3 is 2.88 bits per heavy atom. The molecule has 2 N–H and O–H groups in total. The summed E-state index contributed by atoms with van der Waals surface area (Å²) >= 11 is 0. The first kappa shape index (κ1) is 12.5. The molecule has 0 saturated carbocycles. The van der Waals surface area contributed by atoms with E-state index >= 15 is 0 Å². The minimum absolute atomic E-state index is 0.105. The quantitative estimate of drug-likeness (QED) is 0.837. The van der Waals surface area contributed by atoms with Crippen LogP contribution in [-0.2, 0) is 6.54 Å². The second kappa shape index (κ2) is 6.12. The summed E-state index contributed by atoms with van der Waals surface area (Å²) in [4.78, 5) is 0. The largest absolute Gasteiger partial charge is 0.317 e. The number of hydrogen-bond donors (Lipinski definition) is 2. The molecule has 17 heavy (non-hydrogen) atoms. The van der Waals surface area contributed by atoms with Crippen LogP contribution in [0.25, 0.3) is 0 Å². The first-order valence-corrected chi connectivity index (χ1v) is 6.43. The number of benzene rings is 1. The van der Waals surface area contributed by atoms with E-state index in [9.17, 15) is 4.39 Å². The molecule has 3 heteroatoms. The summed E-state index contributed by atoms with van der Waals surface area (Å²) in [5.74, 6) is 0.663. The Morgan fingerprint density at radius 2 is 2.12 bits per heavy atom. The summed E-state index contributed by atoms with van der Waals surface area (Å²) in [6.45, 7) is 5.92. The lowest BCUT2D eigenvalue weighted by Gasteiger charge is -2.23. The minimum atomic E-state index is -0.105. The molecule has 0 aliphatic carbocycles. The van der Waals surface area contributed by atoms with Gasteiger partial charge in [0.15, 0.2) is 0 Å². The van der Waals surface area contributed by atoms with Crippen molar-refractivity contribution in [3.63, 3.8) is 0 Å². The molecule has 2 nitrogen and oxygen atoms in total. The van der Waals surface area contributed by atoms with Crippen molar-refractivity contribution in [2.24, 2.45) is 5.92 Å². The average molecular weight is 236 g/mol. The molecule has 1 saturated heterocycles. The standard InChI is InChI=1S/C14H21FN2/c1-11-13(3-2-4-14(11)15)10-17-9-12-5-7-16-8-6-12/h2-4,12,16-17H,5-10H2,1H3. The normalized spacial score (nSPS) is 17.3. The number of hydrogen-bond acceptors (Lipinski definition) is 2. The van der Waals surface area contributed by atoms with Crippen molar-refractivity contribution in [3.05, 3.63) is 35.1 Å². The van der Waals surface area contributed by atoms with Crippen LogP contribution in [0.1, 0.15) is 24.0 Å². The lowest BCUT2D eigenvalue weighted by molar-refractivity contribution is 0.356. The van der Waals surface area contributed by atoms with E-state index in [1.807, 2.05) is 13.0 Å². The van der Waals surface area contributed by atoms with Crippen molar-refractivity contribution in [3.8, 4) is 0 Å². The molecule has 1 heterocycles. The highest BCUT2D eigenvalue weighted by molar-refractivity contribution is 5.26. The fourth-order valence-corrected chi connectivity index (χ4v) is 2.34. The number of piperidine rings is 1. The van der Waals surface area contributed by atoms with Gasteiger partial charge in [-0.15, -0.1) is 0 Å². The molecule has 0 unspecified atom stereocenters. The van der Waals surface area contributed by atoms with Gasteiger partial charge in [-0.2, -0.15) is 0 Å². The van der Waals surface area contributed by atoms with Crippen LogP contribution in [0.3, 0.4) is 0 Å². The lowest BCUT2D eigenvalue weighted by atomic mass is 9.98. The Balaban J connectivity index is 1.79. The van der Waals surface area contributed by atoms with Gasteiger partial charge >= 0.3 is 0 Å². The fourth-order valence-electron chi connectivity index (χ4n) is 2.34. The van der Waals surface area contributed by atoms with Gasteiger partial charge in [-0.1, -0.05) is 12.1 Å². The summed E-state index contributed by atoms with van der Waals surface area (Å²) in [5, 5.41) is 6.81. The van der Waals surface area contributed by atoms with Gasteiger partial charge in [0.05, 0.1) is 0 Å². The van der Waals surface area contributed by atoms with Gasteiger partial charge in [-0.3, -0.25) is 0 Å². The highest BCUT2D eigenvalue weighted by atomic mass is 19.1. The van der Waals surface area contributed by atoms with Crippen LogP contribution in [0, 0.1) is 18.7 Å². The third kappa shape index (κ3) is 3.51. The van der Waals surface area contributed by atoms with Crippen molar-refractivity contribution in [1.82, 2.24) is 10.6 Å². The Hall–Kier alpha value is -0.930. The van der Waals surface area contributed by atoms with Crippen LogP contribution in [-0.4, -0.2) is 19.6 Å². The van der Waals surface area contributed by atoms with Gasteiger partial charge in [0.25, 0.3) is 0 Å². The van der Waals surface area contributed by atoms with Crippen LogP contribution >= 0.6 is 0 Å². The zero-order valence-electron chi connectivity index (χ0n) is 10.4. The molecule has 0 bridgehead atoms. The van der Waals surface area contributed by atoms with Crippen LogP contribution in [0.5, 0.6) is 0 Å². The maximum Gasteiger partial charge on any atom is 0.126 e. The van der Waals surface area contributed by atoms with E-state index in [1.54, 1.807) is 6.07 Å². The third-order valence-electron chi connectivity index (χ3n) is 3.59. The predicted molar refractivity (Wildman–Crippen MR) is 68.4 cm³/mol. The highest BCUT2D eigenvalue weighted by Gasteiger charge is 2.12. The first-order valence-electron chi connectivity index (χ1n) is 6.43. The number of halogens is 1. The molecular formula is C14H21FN2. The van der Waals surface area contributed by atoms with Gasteiger partial charge in [0.1, 0.15) is 5.82 Å². The smallest absolute Gasteiger partial charge is 0.126 e. The molecule has 94 valence electrons. The molecule has 0 aromatic heterocycles. The molecule has 1 aromatic rings. The Bertz CT molecular complexity index is 359. The van der Waals surface area contributed by atoms with Crippen molar-refractivity contribution in [1.29, 1.82) is 0 Å². The molecule has 1 aromatic carbocycles. The van der Waals surface area contributed by atoms with Gasteiger partial charge in [-0.25, -0.2) is 4.39 Å². The van der Waals surface area contributed by atoms with Crippen molar-refractivity contribution >= 4 is 0 Å². The van der Waals surface area contributed by atoms with E-state index in [2.05, 4.69) is 10.6 Å². The van der Waals surface area contributed by atoms with Crippen LogP contribution in [0.2, 0.25) is 0 Å². The van der Waals surface area contributed by atoms with Gasteiger partial charge < -0.3 is 10.6 Å². The van der Waals surface area contributed by atoms with Crippen molar-refractivity contribution in [2.45, 2.75) is 26.3 Å². The second-order valence-corrected chi connectivity index (χ2v) is 4.85. The van der Waals surface area contributed by atoms with Crippen LogP contribution in [0.4, 0.5) is 4.39 Å². The minimum Gasteiger partial charge on any atom is -0.317 e. The van der Waals surface area contributed by atoms with Crippen molar-refractivity contribution < 1.29 is 4.39 Å². The summed E-state index contributed by atoms with van der Waals surface area (Å²) < 4.78 is 13.3. The molecule has 1 aliphatic rings. The van der Waals surface area contributed by atoms with Gasteiger partial charge in [0.2, 0.25) is 0 Å². The molecule has 0 amide bonds. The molecule has 1 fully saturated rings. The average Bonchev–Trinajstić information content (AvgIpc) is 2.36. The molecule has 0 atom stereocenters. The van der Waals surface area contributed by atoms with Gasteiger partial charge in [-0.05, 0) is 62.5 Å². The maximum atomic E-state index is 13.3. The van der Waals surface area contributed by atoms with E-state index < -0.39 is 0 Å². The molecular weight excluding hydrogens is 215 g/mol. The lowest BCUT2D eigenvalue weighted by Crippen LogP contribution is -2.33. The Kier molecular flexibility index (Phi) is 4.51. The van der Waals surface area contributed by atoms with Crippen LogP contribution in [0.15, 0.2) is 18.2 Å². The zero-order chi connectivity index (χ0) is 12.1. The zero-order valence-corrected chi connectivity index (χ0v) is 10.4. The second-order valence-electron chi connectivity index (χ2n) is 4.85. The number of rotatable bonds is 4. The predicted octanol–water partition coefficient (Wildman–Crippen LogP) is 2.22. The molecule has 2 rings (SSSR count). The van der Waals surface area contributed by atoms with E-state index in [1.165, 1.54) is 18.9 Å². The molecule has 0 spiro atoms. The molecule has 1 aliphatic heterocycles. The van der Waals surface area contributed by atoms with E-state index in [4.69, 9.17) is 0 Å². The maximum absolute atomic E-state index is 13.3. The van der Waals surface area contributed by atoms with E-state index in [0.717, 1.165) is 43.2 Å². The van der Waals surface area contributed by atoms with E-state index in [0.29, 0.717) is 0 Å². The Labute approximate surface area is 103 Å². The van der Waals surface area contributed by atoms with E-state index in [-0.39, 0.29) is 5.82 Å². The van der Waals surface area contributed by atoms with Crippen LogP contribution < -0.4 is 10.6 Å². The first-order chi connectivity index (χ1) is 8.27. The summed E-state index contributed by atoms with van der Waals surface area (Å²) in [6.07, 6.45) is 2.49. The molecule has 0 radical (unpaired) electrons. The topological polar surface area (TPSA) is 24.1 Å². The highest BCUT2D eigenvalue weighted by Crippen LogP contribution is 2.13. The van der Waals surface area contributed by atoms with Crippen molar-refractivity contribution in [2.75, 3.05) is 19.6 Å². The Morgan fingerprint density at radius 1 is 1.35 bits per heavy atom. The summed E-state index contributed by atoms with van der Waals surface area (Å²) in [7, 11) is 0. The monoisotopic (exact) mass is 236 g/mol. The summed E-state index contributed by atoms with van der Waals surface area (Å²) in [6, 6.07) is 5.29. The fraction of sp³-hybridized carbons (Fsp3) is 0.571. The third-order valence-corrected chi connectivity index (χ3v) is 3.59. The number of nitrogens with one attached hydrogen (secondary N) is 2. The summed E-state index contributed by atoms with van der Waals surface area (Å²) in [5.41, 5.74) is 1.84. The van der Waals surface area contributed by atoms with Gasteiger partial charge in [0, 0.05) is 6.54 Å².